The van der Waals surface area contributed by atoms with E-state index in [9.17, 15) is 0 Å². The van der Waals surface area contributed by atoms with Crippen molar-refractivity contribution in [3.63, 3.8) is 0 Å². The van der Waals surface area contributed by atoms with Crippen LogP contribution in [0.4, 0.5) is 0 Å². The predicted octanol–water partition coefficient (Wildman–Crippen LogP) is 3.19. The van der Waals surface area contributed by atoms with E-state index in [0.717, 1.165) is 0 Å². The van der Waals surface area contributed by atoms with Gasteiger partial charge in [0.1, 0.15) is 6.79 Å². The fourth-order valence-electron chi connectivity index (χ4n) is 1.50. The van der Waals surface area contributed by atoms with Crippen molar-refractivity contribution in [3.05, 3.63) is 0 Å². The van der Waals surface area contributed by atoms with Crippen molar-refractivity contribution in [3.8, 4) is 0 Å². The van der Waals surface area contributed by atoms with Gasteiger partial charge in [-0.2, -0.15) is 0 Å². The Kier molecular flexibility index (Phi) is 5.02. The molecule has 1 atom stereocenters. The summed E-state index contributed by atoms with van der Waals surface area (Å²) in [6.07, 6.45) is 0. The lowest BCUT2D eigenvalue weighted by Gasteiger charge is -2.10. The van der Waals surface area contributed by atoms with Crippen LogP contribution >= 0.6 is 55.1 Å². The molecule has 84 valence electrons. The number of alkyl halides is 4. The van der Waals surface area contributed by atoms with Crippen molar-refractivity contribution in [2.75, 3.05) is 32.3 Å². The standard InChI is InChI=1S/C8H12Br2Cl2O2/c1-13-5-14-2-6-7(3-11,4-12)8(6,9)10/h6H,2-5H2,1H3. The molecule has 0 heterocycles. The van der Waals surface area contributed by atoms with Crippen LogP contribution < -0.4 is 0 Å². The van der Waals surface area contributed by atoms with E-state index < -0.39 is 0 Å². The molecule has 0 N–H and O–H groups in total. The topological polar surface area (TPSA) is 18.5 Å². The molecule has 0 aromatic carbocycles. The summed E-state index contributed by atoms with van der Waals surface area (Å²) < 4.78 is 9.92. The van der Waals surface area contributed by atoms with Crippen LogP contribution in [-0.2, 0) is 9.47 Å². The summed E-state index contributed by atoms with van der Waals surface area (Å²) >= 11 is 19.0. The van der Waals surface area contributed by atoms with Crippen LogP contribution in [0.3, 0.4) is 0 Å². The van der Waals surface area contributed by atoms with Gasteiger partial charge in [-0.1, -0.05) is 31.9 Å². The van der Waals surface area contributed by atoms with Gasteiger partial charge < -0.3 is 9.47 Å². The normalized spacial score (nSPS) is 27.6. The molecule has 6 heteroatoms. The van der Waals surface area contributed by atoms with Gasteiger partial charge in [-0.25, -0.2) is 0 Å². The Bertz CT molecular complexity index is 198. The minimum absolute atomic E-state index is 0.121. The van der Waals surface area contributed by atoms with Gasteiger partial charge in [-0.15, -0.1) is 23.2 Å². The Morgan fingerprint density at radius 1 is 1.29 bits per heavy atom. The molecule has 0 aromatic heterocycles. The number of halogens is 4. The van der Waals surface area contributed by atoms with Crippen LogP contribution in [0.25, 0.3) is 0 Å². The minimum atomic E-state index is -0.190. The van der Waals surface area contributed by atoms with E-state index in [4.69, 9.17) is 32.7 Å². The molecule has 1 fully saturated rings. The van der Waals surface area contributed by atoms with Crippen LogP contribution in [0.5, 0.6) is 0 Å². The molecule has 0 saturated heterocycles. The highest BCUT2D eigenvalue weighted by atomic mass is 79.9. The first-order valence-corrected chi connectivity index (χ1v) is 6.78. The number of rotatable bonds is 6. The van der Waals surface area contributed by atoms with Crippen LogP contribution in [-0.4, -0.2) is 35.5 Å². The lowest BCUT2D eigenvalue weighted by atomic mass is 10.1. The molecule has 0 radical (unpaired) electrons. The van der Waals surface area contributed by atoms with Gasteiger partial charge in [0.25, 0.3) is 0 Å². The SMILES string of the molecule is COCOCC1C(Br)(Br)C1(CCl)CCl. The van der Waals surface area contributed by atoms with E-state index in [2.05, 4.69) is 31.9 Å². The molecule has 0 bridgehead atoms. The summed E-state index contributed by atoms with van der Waals surface area (Å²) in [5, 5.41) is 0. The zero-order valence-electron chi connectivity index (χ0n) is 7.73. The maximum atomic E-state index is 5.92. The van der Waals surface area contributed by atoms with Crippen LogP contribution in [0, 0.1) is 11.3 Å². The number of methoxy groups -OCH3 is 1. The van der Waals surface area contributed by atoms with Gasteiger partial charge in [0.15, 0.2) is 0 Å². The molecular weight excluding hydrogens is 359 g/mol. The van der Waals surface area contributed by atoms with Crippen molar-refractivity contribution in [1.29, 1.82) is 0 Å². The first-order valence-electron chi connectivity index (χ1n) is 4.13. The van der Waals surface area contributed by atoms with E-state index >= 15 is 0 Å². The summed E-state index contributed by atoms with van der Waals surface area (Å²) in [7, 11) is 1.60. The smallest absolute Gasteiger partial charge is 0.146 e. The quantitative estimate of drug-likeness (QED) is 0.406. The molecule has 0 spiro atoms. The van der Waals surface area contributed by atoms with E-state index in [1.807, 2.05) is 0 Å². The van der Waals surface area contributed by atoms with E-state index in [0.29, 0.717) is 25.2 Å². The summed E-state index contributed by atoms with van der Waals surface area (Å²) in [4.78, 5) is 0. The molecule has 2 nitrogen and oxygen atoms in total. The maximum absolute atomic E-state index is 5.92. The lowest BCUT2D eigenvalue weighted by molar-refractivity contribution is -0.0367. The van der Waals surface area contributed by atoms with Gasteiger partial charge >= 0.3 is 0 Å². The van der Waals surface area contributed by atoms with Gasteiger partial charge in [0.05, 0.1) is 9.84 Å². The third-order valence-electron chi connectivity index (χ3n) is 2.65. The molecule has 0 amide bonds. The average molecular weight is 371 g/mol. The highest BCUT2D eigenvalue weighted by Crippen LogP contribution is 2.72. The number of ether oxygens (including phenoxy) is 2. The highest BCUT2D eigenvalue weighted by Gasteiger charge is 2.73. The van der Waals surface area contributed by atoms with E-state index in [-0.39, 0.29) is 14.6 Å². The van der Waals surface area contributed by atoms with Gasteiger partial charge in [-0.05, 0) is 0 Å². The van der Waals surface area contributed by atoms with Crippen molar-refractivity contribution in [1.82, 2.24) is 0 Å². The molecule has 0 aromatic rings. The van der Waals surface area contributed by atoms with Crippen LogP contribution in [0.1, 0.15) is 0 Å². The van der Waals surface area contributed by atoms with Crippen molar-refractivity contribution >= 4 is 55.1 Å². The Hall–Kier alpha value is 1.46. The first kappa shape index (κ1) is 13.5. The van der Waals surface area contributed by atoms with Crippen LogP contribution in [0.2, 0.25) is 0 Å². The maximum Gasteiger partial charge on any atom is 0.146 e. The van der Waals surface area contributed by atoms with Crippen molar-refractivity contribution in [2.45, 2.75) is 3.23 Å². The second kappa shape index (κ2) is 5.19. The third-order valence-corrected chi connectivity index (χ3v) is 6.29. The van der Waals surface area contributed by atoms with Gasteiger partial charge in [-0.3, -0.25) is 0 Å². The largest absolute Gasteiger partial charge is 0.359 e. The second-order valence-corrected chi connectivity index (χ2v) is 7.48. The molecule has 1 aliphatic rings. The molecular formula is C8H12Br2Cl2O2. The zero-order valence-corrected chi connectivity index (χ0v) is 12.4. The lowest BCUT2D eigenvalue weighted by Crippen LogP contribution is -2.14. The third kappa shape index (κ3) is 2.11. The number of hydrogen-bond acceptors (Lipinski definition) is 2. The van der Waals surface area contributed by atoms with Gasteiger partial charge in [0, 0.05) is 30.2 Å². The predicted molar refractivity (Wildman–Crippen MR) is 65.8 cm³/mol. The first-order chi connectivity index (χ1) is 6.56. The fraction of sp³-hybridized carbons (Fsp3) is 1.00. The van der Waals surface area contributed by atoms with Crippen molar-refractivity contribution in [2.24, 2.45) is 11.3 Å². The van der Waals surface area contributed by atoms with E-state index in [1.165, 1.54) is 0 Å². The van der Waals surface area contributed by atoms with Gasteiger partial charge in [0.2, 0.25) is 0 Å². The Morgan fingerprint density at radius 2 is 1.86 bits per heavy atom. The molecule has 0 aliphatic heterocycles. The monoisotopic (exact) mass is 368 g/mol. The van der Waals surface area contributed by atoms with Crippen LogP contribution in [0.15, 0.2) is 0 Å². The Balaban J connectivity index is 2.47. The summed E-state index contributed by atoms with van der Waals surface area (Å²) in [6, 6.07) is 0. The molecule has 1 rings (SSSR count). The molecule has 14 heavy (non-hydrogen) atoms. The zero-order chi connectivity index (χ0) is 10.8. The summed E-state index contributed by atoms with van der Waals surface area (Å²) in [5.41, 5.74) is -0.121. The molecule has 1 unspecified atom stereocenters. The summed E-state index contributed by atoms with van der Waals surface area (Å²) in [5.74, 6) is 1.29. The van der Waals surface area contributed by atoms with Crippen molar-refractivity contribution < 1.29 is 9.47 Å². The second-order valence-electron chi connectivity index (χ2n) is 3.38. The fourth-order valence-corrected chi connectivity index (χ4v) is 5.26. The summed E-state index contributed by atoms with van der Waals surface area (Å²) in [6.45, 7) is 0.886. The highest BCUT2D eigenvalue weighted by molar-refractivity contribution is 9.25. The van der Waals surface area contributed by atoms with E-state index in [1.54, 1.807) is 7.11 Å². The molecule has 1 saturated carbocycles. The Labute approximate surface area is 111 Å². The Morgan fingerprint density at radius 3 is 2.21 bits per heavy atom. The minimum Gasteiger partial charge on any atom is -0.359 e. The average Bonchev–Trinajstić information content (AvgIpc) is 2.64. The number of hydrogen-bond donors (Lipinski definition) is 0. The molecule has 1 aliphatic carbocycles.